The van der Waals surface area contributed by atoms with Crippen LogP contribution >= 0.6 is 0 Å². The average Bonchev–Trinajstić information content (AvgIpc) is 2.92. The number of piperazine rings is 1. The molecule has 2 aliphatic rings. The first kappa shape index (κ1) is 25.7. The van der Waals surface area contributed by atoms with Crippen LogP contribution in [0.2, 0.25) is 0 Å². The van der Waals surface area contributed by atoms with Gasteiger partial charge in [0.05, 0.1) is 13.2 Å². The molecule has 2 heterocycles. The Morgan fingerprint density at radius 3 is 2.19 bits per heavy atom. The van der Waals surface area contributed by atoms with Gasteiger partial charge in [0.25, 0.3) is 0 Å². The van der Waals surface area contributed by atoms with E-state index in [2.05, 4.69) is 12.2 Å². The predicted molar refractivity (Wildman–Crippen MR) is 135 cm³/mol. The predicted octanol–water partition coefficient (Wildman–Crippen LogP) is 3.50. The van der Waals surface area contributed by atoms with E-state index in [-0.39, 0.29) is 25.0 Å². The molecule has 192 valence electrons. The van der Waals surface area contributed by atoms with Gasteiger partial charge in [-0.15, -0.1) is 0 Å². The van der Waals surface area contributed by atoms with Crippen LogP contribution in [0.1, 0.15) is 43.7 Å². The minimum absolute atomic E-state index is 0.115. The van der Waals surface area contributed by atoms with E-state index in [9.17, 15) is 14.4 Å². The highest BCUT2D eigenvalue weighted by molar-refractivity contribution is 6.00. The van der Waals surface area contributed by atoms with Crippen LogP contribution in [0.5, 0.6) is 0 Å². The molecule has 0 saturated carbocycles. The smallest absolute Gasteiger partial charge is 0.410 e. The summed E-state index contributed by atoms with van der Waals surface area (Å²) in [5.74, 6) is -0.278. The Morgan fingerprint density at radius 1 is 0.972 bits per heavy atom. The molecule has 2 aliphatic heterocycles. The monoisotopic (exact) mass is 493 g/mol. The van der Waals surface area contributed by atoms with Crippen LogP contribution in [0, 0.1) is 0 Å². The Hall–Kier alpha value is -3.39. The number of carbonyl (C=O) groups is 3. The van der Waals surface area contributed by atoms with Gasteiger partial charge in [-0.05, 0) is 30.4 Å². The van der Waals surface area contributed by atoms with Crippen molar-refractivity contribution in [2.75, 3.05) is 26.2 Å². The summed E-state index contributed by atoms with van der Waals surface area (Å²) in [6.45, 7) is 3.98. The van der Waals surface area contributed by atoms with Gasteiger partial charge in [-0.3, -0.25) is 9.59 Å². The number of piperidine rings is 1. The zero-order valence-electron chi connectivity index (χ0n) is 20.9. The van der Waals surface area contributed by atoms with Crippen molar-refractivity contribution in [1.82, 2.24) is 15.1 Å². The molecule has 1 atom stereocenters. The number of ether oxygens (including phenoxy) is 2. The van der Waals surface area contributed by atoms with E-state index in [0.29, 0.717) is 39.1 Å². The van der Waals surface area contributed by atoms with Crippen molar-refractivity contribution >= 4 is 17.9 Å². The molecule has 8 heteroatoms. The normalized spacial score (nSPS) is 19.3. The van der Waals surface area contributed by atoms with Crippen LogP contribution in [-0.4, -0.2) is 65.5 Å². The third-order valence-corrected chi connectivity index (χ3v) is 6.99. The fourth-order valence-corrected chi connectivity index (χ4v) is 4.86. The van der Waals surface area contributed by atoms with Crippen LogP contribution in [-0.2, 0) is 32.3 Å². The number of benzene rings is 2. The third-order valence-electron chi connectivity index (χ3n) is 6.99. The molecule has 0 bridgehead atoms. The molecule has 2 fully saturated rings. The van der Waals surface area contributed by atoms with Gasteiger partial charge in [0, 0.05) is 19.6 Å². The molecule has 1 spiro atoms. The maximum absolute atomic E-state index is 13.5. The van der Waals surface area contributed by atoms with Crippen LogP contribution in [0.4, 0.5) is 4.79 Å². The maximum Gasteiger partial charge on any atom is 0.410 e. The molecule has 8 nitrogen and oxygen atoms in total. The SMILES string of the molecule is CCCCN1C(=O)C(COCc2ccccc2)NC(=O)C12CCN(C(=O)OCc1ccccc1)CC2. The summed E-state index contributed by atoms with van der Waals surface area (Å²) < 4.78 is 11.3. The summed E-state index contributed by atoms with van der Waals surface area (Å²) in [5, 5.41) is 2.92. The fourth-order valence-electron chi connectivity index (χ4n) is 4.86. The second kappa shape index (κ2) is 12.0. The van der Waals surface area contributed by atoms with Gasteiger partial charge in [-0.1, -0.05) is 74.0 Å². The highest BCUT2D eigenvalue weighted by atomic mass is 16.6. The van der Waals surface area contributed by atoms with Gasteiger partial charge in [-0.2, -0.15) is 0 Å². The lowest BCUT2D eigenvalue weighted by Gasteiger charge is -2.51. The van der Waals surface area contributed by atoms with Crippen molar-refractivity contribution in [3.05, 3.63) is 71.8 Å². The number of unbranched alkanes of at least 4 members (excludes halogenated alkanes) is 1. The van der Waals surface area contributed by atoms with Gasteiger partial charge < -0.3 is 24.6 Å². The molecule has 36 heavy (non-hydrogen) atoms. The molecule has 2 saturated heterocycles. The number of hydrogen-bond donors (Lipinski definition) is 1. The van der Waals surface area contributed by atoms with E-state index in [1.807, 2.05) is 60.7 Å². The van der Waals surface area contributed by atoms with Crippen molar-refractivity contribution in [3.63, 3.8) is 0 Å². The first-order valence-corrected chi connectivity index (χ1v) is 12.7. The Bertz CT molecular complexity index is 1020. The Balaban J connectivity index is 1.36. The molecule has 1 N–H and O–H groups in total. The van der Waals surface area contributed by atoms with Crippen molar-refractivity contribution in [3.8, 4) is 0 Å². The maximum atomic E-state index is 13.5. The zero-order chi connectivity index (χ0) is 25.4. The standard InChI is InChI=1S/C28H35N3O5/c1-2-3-16-31-25(32)24(21-35-19-22-10-6-4-7-11-22)29-26(33)28(31)14-17-30(18-15-28)27(34)36-20-23-12-8-5-9-13-23/h4-13,24H,2-3,14-21H2,1H3,(H,29,33). The molecule has 0 aromatic heterocycles. The quantitative estimate of drug-likeness (QED) is 0.578. The van der Waals surface area contributed by atoms with Crippen LogP contribution in [0.3, 0.4) is 0 Å². The highest BCUT2D eigenvalue weighted by Gasteiger charge is 2.53. The Morgan fingerprint density at radius 2 is 1.58 bits per heavy atom. The van der Waals surface area contributed by atoms with Crippen LogP contribution in [0.15, 0.2) is 60.7 Å². The van der Waals surface area contributed by atoms with Gasteiger partial charge >= 0.3 is 6.09 Å². The molecule has 1 unspecified atom stereocenters. The van der Waals surface area contributed by atoms with Crippen LogP contribution < -0.4 is 5.32 Å². The molecule has 0 aliphatic carbocycles. The van der Waals surface area contributed by atoms with E-state index in [1.165, 1.54) is 0 Å². The van der Waals surface area contributed by atoms with Gasteiger partial charge in [0.15, 0.2) is 0 Å². The summed E-state index contributed by atoms with van der Waals surface area (Å²) in [6, 6.07) is 18.5. The number of amides is 3. The molecule has 3 amide bonds. The number of hydrogen-bond acceptors (Lipinski definition) is 5. The minimum atomic E-state index is -0.946. The van der Waals surface area contributed by atoms with E-state index in [1.54, 1.807) is 9.80 Å². The van der Waals surface area contributed by atoms with Crippen LogP contribution in [0.25, 0.3) is 0 Å². The summed E-state index contributed by atoms with van der Waals surface area (Å²) in [6.07, 6.45) is 2.08. The van der Waals surface area contributed by atoms with Gasteiger partial charge in [0.1, 0.15) is 18.2 Å². The number of carbonyl (C=O) groups excluding carboxylic acids is 3. The topological polar surface area (TPSA) is 88.2 Å². The van der Waals surface area contributed by atoms with E-state index in [0.717, 1.165) is 24.0 Å². The average molecular weight is 494 g/mol. The summed E-state index contributed by atoms with van der Waals surface area (Å²) in [5.41, 5.74) is 0.985. The lowest BCUT2D eigenvalue weighted by atomic mass is 9.81. The number of rotatable bonds is 9. The number of likely N-dealkylation sites (tertiary alicyclic amines) is 1. The van der Waals surface area contributed by atoms with E-state index >= 15 is 0 Å². The Kier molecular flexibility index (Phi) is 8.59. The van der Waals surface area contributed by atoms with E-state index in [4.69, 9.17) is 9.47 Å². The molecular formula is C28H35N3O5. The molecule has 2 aromatic rings. The van der Waals surface area contributed by atoms with Crippen molar-refractivity contribution in [2.45, 2.75) is 57.4 Å². The lowest BCUT2D eigenvalue weighted by Crippen LogP contribution is -2.73. The lowest BCUT2D eigenvalue weighted by molar-refractivity contribution is -0.162. The second-order valence-corrected chi connectivity index (χ2v) is 9.43. The van der Waals surface area contributed by atoms with Gasteiger partial charge in [-0.25, -0.2) is 4.79 Å². The first-order valence-electron chi connectivity index (χ1n) is 12.7. The summed E-state index contributed by atoms with van der Waals surface area (Å²) in [4.78, 5) is 42.9. The van der Waals surface area contributed by atoms with Crippen molar-refractivity contribution < 1.29 is 23.9 Å². The van der Waals surface area contributed by atoms with Gasteiger partial charge in [0.2, 0.25) is 11.8 Å². The second-order valence-electron chi connectivity index (χ2n) is 9.43. The molecule has 4 rings (SSSR count). The highest BCUT2D eigenvalue weighted by Crippen LogP contribution is 2.33. The molecule has 0 radical (unpaired) electrons. The summed E-state index contributed by atoms with van der Waals surface area (Å²) >= 11 is 0. The van der Waals surface area contributed by atoms with Crippen molar-refractivity contribution in [1.29, 1.82) is 0 Å². The fraction of sp³-hybridized carbons (Fsp3) is 0.464. The zero-order valence-corrected chi connectivity index (χ0v) is 20.9. The van der Waals surface area contributed by atoms with E-state index < -0.39 is 17.7 Å². The molecule has 2 aromatic carbocycles. The molecular weight excluding hydrogens is 458 g/mol. The van der Waals surface area contributed by atoms with Crippen molar-refractivity contribution in [2.24, 2.45) is 0 Å². The summed E-state index contributed by atoms with van der Waals surface area (Å²) in [7, 11) is 0. The minimum Gasteiger partial charge on any atom is -0.445 e. The Labute approximate surface area is 212 Å². The largest absolute Gasteiger partial charge is 0.445 e. The third kappa shape index (κ3) is 5.87. The number of nitrogens with one attached hydrogen (secondary N) is 1. The first-order chi connectivity index (χ1) is 17.5. The number of nitrogens with zero attached hydrogens (tertiary/aromatic N) is 2.